The molecule has 0 fully saturated rings. The molecule has 11 aromatic carbocycles. The Labute approximate surface area is 299 Å². The van der Waals surface area contributed by atoms with Crippen molar-refractivity contribution in [1.29, 1.82) is 0 Å². The molecule has 0 N–H and O–H groups in total. The van der Waals surface area contributed by atoms with Crippen molar-refractivity contribution >= 4 is 75.4 Å². The molecular weight excluding hydrogens is 625 g/mol. The van der Waals surface area contributed by atoms with Crippen LogP contribution in [0.1, 0.15) is 0 Å². The Morgan fingerprint density at radius 1 is 0.192 bits per heavy atom. The minimum Gasteiger partial charge on any atom is -0.0622 e. The van der Waals surface area contributed by atoms with Crippen LogP contribution in [0.3, 0.4) is 0 Å². The second-order valence-corrected chi connectivity index (χ2v) is 14.8. The van der Waals surface area contributed by atoms with E-state index in [9.17, 15) is 0 Å². The van der Waals surface area contributed by atoms with Gasteiger partial charge in [-0.15, -0.1) is 0 Å². The van der Waals surface area contributed by atoms with E-state index in [1.807, 2.05) is 0 Å². The lowest BCUT2D eigenvalue weighted by atomic mass is 9.91. The molecule has 236 valence electrons. The monoisotopic (exact) mass is 652 g/mol. The summed E-state index contributed by atoms with van der Waals surface area (Å²) in [5, 5.41) is 18.5. The van der Waals surface area contributed by atoms with Gasteiger partial charge in [-0.1, -0.05) is 127 Å². The highest BCUT2D eigenvalue weighted by Gasteiger charge is 2.26. The minimum atomic E-state index is 1.25. The van der Waals surface area contributed by atoms with Crippen molar-refractivity contribution in [2.45, 2.75) is 0 Å². The zero-order valence-corrected chi connectivity index (χ0v) is 28.2. The number of fused-ring (bicyclic) bond motifs is 15. The third kappa shape index (κ3) is 3.37. The topological polar surface area (TPSA) is 0 Å². The number of rotatable bonds is 1. The van der Waals surface area contributed by atoms with E-state index < -0.39 is 0 Å². The largest absolute Gasteiger partial charge is 0.0622 e. The standard InChI is InChI=1S/C52H28/c1-2-8-29(9-3-1)30-16-19-36-34(22-30)26-50-46-24-33-18-21-37-38(44(33)28-48(46)42-15-7-13-40(36)52(42)50)20-17-32-23-45-47(27-43(32)37)41-14-6-12-39-35-11-5-4-10-31(35)25-49(45)51(39)41/h1-28H. The van der Waals surface area contributed by atoms with Crippen LogP contribution in [0.15, 0.2) is 170 Å². The van der Waals surface area contributed by atoms with E-state index in [1.165, 1.54) is 131 Å². The molecule has 11 aromatic rings. The molecule has 13 rings (SSSR count). The fraction of sp³-hybridized carbons (Fsp3) is 0. The lowest BCUT2D eigenvalue weighted by molar-refractivity contribution is 1.65. The van der Waals surface area contributed by atoms with E-state index in [0.29, 0.717) is 0 Å². The van der Waals surface area contributed by atoms with Crippen LogP contribution in [0.2, 0.25) is 0 Å². The van der Waals surface area contributed by atoms with Crippen molar-refractivity contribution < 1.29 is 0 Å². The van der Waals surface area contributed by atoms with Crippen LogP contribution in [-0.4, -0.2) is 0 Å². The van der Waals surface area contributed by atoms with Crippen molar-refractivity contribution in [3.05, 3.63) is 170 Å². The summed E-state index contributed by atoms with van der Waals surface area (Å²) in [5.74, 6) is 0. The SMILES string of the molecule is c1ccc(-c2ccc3c(c2)cc2c4c(cccc43)-c3cc4c(ccc5c6cc7c(cc6ccc45)-c4cc5ccccc5c5cccc-7c45)cc3-2)cc1. The van der Waals surface area contributed by atoms with Crippen molar-refractivity contribution in [2.24, 2.45) is 0 Å². The van der Waals surface area contributed by atoms with E-state index in [-0.39, 0.29) is 0 Å². The first-order chi connectivity index (χ1) is 25.8. The quantitative estimate of drug-likeness (QED) is 0.155. The van der Waals surface area contributed by atoms with E-state index in [2.05, 4.69) is 170 Å². The predicted octanol–water partition coefficient (Wildman–Crippen LogP) is 14.7. The van der Waals surface area contributed by atoms with Crippen LogP contribution in [0.5, 0.6) is 0 Å². The van der Waals surface area contributed by atoms with Crippen LogP contribution in [0.4, 0.5) is 0 Å². The Morgan fingerprint density at radius 3 is 1.33 bits per heavy atom. The Hall–Kier alpha value is -6.76. The first kappa shape index (κ1) is 27.0. The fourth-order valence-electron chi connectivity index (χ4n) is 9.93. The lowest BCUT2D eigenvalue weighted by Crippen LogP contribution is -1.85. The molecule has 0 amide bonds. The molecule has 0 saturated heterocycles. The molecule has 0 aromatic heterocycles. The van der Waals surface area contributed by atoms with E-state index >= 15 is 0 Å². The molecule has 0 nitrogen and oxygen atoms in total. The Bertz CT molecular complexity index is 3440. The molecule has 52 heavy (non-hydrogen) atoms. The molecule has 0 heteroatoms. The summed E-state index contributed by atoms with van der Waals surface area (Å²) in [6.07, 6.45) is 0. The number of benzene rings is 11. The van der Waals surface area contributed by atoms with Crippen LogP contribution < -0.4 is 0 Å². The maximum Gasteiger partial charge on any atom is -0.00199 e. The van der Waals surface area contributed by atoms with Crippen LogP contribution >= 0.6 is 0 Å². The van der Waals surface area contributed by atoms with Crippen LogP contribution in [-0.2, 0) is 0 Å². The van der Waals surface area contributed by atoms with Gasteiger partial charge in [0.05, 0.1) is 0 Å². The van der Waals surface area contributed by atoms with Gasteiger partial charge in [-0.2, -0.15) is 0 Å². The van der Waals surface area contributed by atoms with Gasteiger partial charge in [0.2, 0.25) is 0 Å². The summed E-state index contributed by atoms with van der Waals surface area (Å²) in [6, 6.07) is 64.2. The van der Waals surface area contributed by atoms with Gasteiger partial charge in [-0.05, 0) is 174 Å². The van der Waals surface area contributed by atoms with E-state index in [4.69, 9.17) is 0 Å². The Balaban J connectivity index is 1.03. The normalized spacial score (nSPS) is 12.6. The van der Waals surface area contributed by atoms with Gasteiger partial charge in [0.1, 0.15) is 0 Å². The van der Waals surface area contributed by atoms with Gasteiger partial charge in [0.25, 0.3) is 0 Å². The first-order valence-electron chi connectivity index (χ1n) is 18.2. The summed E-state index contributed by atoms with van der Waals surface area (Å²) in [5.41, 5.74) is 13.2. The van der Waals surface area contributed by atoms with Crippen LogP contribution in [0.25, 0.3) is 131 Å². The van der Waals surface area contributed by atoms with Crippen molar-refractivity contribution in [1.82, 2.24) is 0 Å². The molecule has 0 radical (unpaired) electrons. The van der Waals surface area contributed by atoms with Gasteiger partial charge >= 0.3 is 0 Å². The molecular formula is C52H28. The lowest BCUT2D eigenvalue weighted by Gasteiger charge is -2.12. The number of hydrogen-bond acceptors (Lipinski definition) is 0. The average Bonchev–Trinajstić information content (AvgIpc) is 3.68. The smallest absolute Gasteiger partial charge is 0.00199 e. The predicted molar refractivity (Wildman–Crippen MR) is 223 cm³/mol. The highest BCUT2D eigenvalue weighted by molar-refractivity contribution is 6.28. The van der Waals surface area contributed by atoms with Gasteiger partial charge in [0, 0.05) is 0 Å². The second kappa shape index (κ2) is 9.51. The summed E-state index contributed by atoms with van der Waals surface area (Å²) in [7, 11) is 0. The zero-order valence-electron chi connectivity index (χ0n) is 28.2. The molecule has 0 aliphatic heterocycles. The van der Waals surface area contributed by atoms with Crippen molar-refractivity contribution in [3.8, 4) is 55.6 Å². The third-order valence-electron chi connectivity index (χ3n) is 12.2. The maximum atomic E-state index is 2.48. The highest BCUT2D eigenvalue weighted by Crippen LogP contribution is 2.53. The van der Waals surface area contributed by atoms with Crippen molar-refractivity contribution in [2.75, 3.05) is 0 Å². The van der Waals surface area contributed by atoms with E-state index in [1.54, 1.807) is 0 Å². The third-order valence-corrected chi connectivity index (χ3v) is 12.2. The summed E-state index contributed by atoms with van der Waals surface area (Å²) >= 11 is 0. The molecule has 0 bridgehead atoms. The first-order valence-corrected chi connectivity index (χ1v) is 18.2. The molecule has 0 saturated carbocycles. The Kier molecular flexibility index (Phi) is 4.94. The average molecular weight is 653 g/mol. The van der Waals surface area contributed by atoms with Gasteiger partial charge in [0.15, 0.2) is 0 Å². The Morgan fingerprint density at radius 2 is 0.673 bits per heavy atom. The molecule has 2 aliphatic carbocycles. The molecule has 2 aliphatic rings. The van der Waals surface area contributed by atoms with Crippen LogP contribution in [0, 0.1) is 0 Å². The summed E-state index contributed by atoms with van der Waals surface area (Å²) in [6.45, 7) is 0. The second-order valence-electron chi connectivity index (χ2n) is 14.8. The minimum absolute atomic E-state index is 1.25. The molecule has 0 heterocycles. The maximum absolute atomic E-state index is 2.48. The molecule has 0 spiro atoms. The van der Waals surface area contributed by atoms with E-state index in [0.717, 1.165) is 0 Å². The highest BCUT2D eigenvalue weighted by atomic mass is 14.3. The summed E-state index contributed by atoms with van der Waals surface area (Å²) in [4.78, 5) is 0. The van der Waals surface area contributed by atoms with Crippen molar-refractivity contribution in [3.63, 3.8) is 0 Å². The fourth-order valence-corrected chi connectivity index (χ4v) is 9.93. The summed E-state index contributed by atoms with van der Waals surface area (Å²) < 4.78 is 0. The van der Waals surface area contributed by atoms with Gasteiger partial charge < -0.3 is 0 Å². The van der Waals surface area contributed by atoms with Gasteiger partial charge in [-0.25, -0.2) is 0 Å². The molecule has 0 unspecified atom stereocenters. The zero-order chi connectivity index (χ0) is 33.7. The van der Waals surface area contributed by atoms with Gasteiger partial charge in [-0.3, -0.25) is 0 Å². The molecule has 0 atom stereocenters. The number of hydrogen-bond donors (Lipinski definition) is 0.